The number of hydrogen-bond donors (Lipinski definition) is 1. The zero-order chi connectivity index (χ0) is 14.5. The van der Waals surface area contributed by atoms with Crippen LogP contribution in [0.4, 0.5) is 0 Å². The number of morpholine rings is 1. The van der Waals surface area contributed by atoms with Gasteiger partial charge in [-0.1, -0.05) is 6.07 Å². The number of benzene rings is 1. The minimum atomic E-state index is -1.05. The van der Waals surface area contributed by atoms with E-state index in [9.17, 15) is 14.4 Å². The molecule has 0 unspecified atom stereocenters. The molecule has 106 valence electrons. The van der Waals surface area contributed by atoms with E-state index in [1.54, 1.807) is 12.1 Å². The highest BCUT2D eigenvalue weighted by atomic mass is 16.5. The van der Waals surface area contributed by atoms with Crippen molar-refractivity contribution < 1.29 is 29.0 Å². The van der Waals surface area contributed by atoms with Crippen molar-refractivity contribution in [2.45, 2.75) is 0 Å². The summed E-state index contributed by atoms with van der Waals surface area (Å²) in [5.41, 5.74) is 0.112. The average molecular weight is 279 g/mol. The zero-order valence-electron chi connectivity index (χ0n) is 10.6. The lowest BCUT2D eigenvalue weighted by Crippen LogP contribution is -2.47. The molecule has 0 saturated carbocycles. The molecule has 2 rings (SSSR count). The summed E-state index contributed by atoms with van der Waals surface area (Å²) < 4.78 is 10.1. The molecule has 1 N–H and O–H groups in total. The first-order valence-corrected chi connectivity index (χ1v) is 5.95. The number of ether oxygens (including phenoxy) is 2. The monoisotopic (exact) mass is 279 g/mol. The van der Waals surface area contributed by atoms with Gasteiger partial charge in [0.2, 0.25) is 0 Å². The minimum Gasteiger partial charge on any atom is -0.492 e. The van der Waals surface area contributed by atoms with Gasteiger partial charge in [-0.15, -0.1) is 0 Å². The molecule has 1 aromatic rings. The lowest BCUT2D eigenvalue weighted by molar-refractivity contribution is -0.158. The third kappa shape index (κ3) is 3.33. The third-order valence-corrected chi connectivity index (χ3v) is 2.72. The van der Waals surface area contributed by atoms with Crippen molar-refractivity contribution in [3.05, 3.63) is 29.8 Å². The van der Waals surface area contributed by atoms with E-state index in [-0.39, 0.29) is 31.9 Å². The van der Waals surface area contributed by atoms with Crippen molar-refractivity contribution >= 4 is 17.8 Å². The van der Waals surface area contributed by atoms with Gasteiger partial charge in [-0.05, 0) is 18.2 Å². The van der Waals surface area contributed by atoms with Gasteiger partial charge in [0.05, 0.1) is 12.1 Å². The maximum Gasteiger partial charge on any atom is 0.335 e. The van der Waals surface area contributed by atoms with E-state index in [0.717, 1.165) is 4.90 Å². The van der Waals surface area contributed by atoms with Gasteiger partial charge in [-0.25, -0.2) is 4.79 Å². The van der Waals surface area contributed by atoms with Crippen LogP contribution in [0.3, 0.4) is 0 Å². The Kier molecular flexibility index (Phi) is 4.31. The standard InChI is InChI=1S/C13H13NO6/c15-11-7-19-8-12(16)14(11)4-5-20-10-3-1-2-9(6-10)13(17)18/h1-3,6H,4-5,7-8H2,(H,17,18). The van der Waals surface area contributed by atoms with Crippen LogP contribution in [-0.4, -0.2) is 54.2 Å². The number of rotatable bonds is 5. The van der Waals surface area contributed by atoms with Gasteiger partial charge in [-0.2, -0.15) is 0 Å². The molecular formula is C13H13NO6. The molecule has 1 aliphatic rings. The van der Waals surface area contributed by atoms with Crippen LogP contribution < -0.4 is 4.74 Å². The smallest absolute Gasteiger partial charge is 0.335 e. The lowest BCUT2D eigenvalue weighted by Gasteiger charge is -2.24. The van der Waals surface area contributed by atoms with Crippen molar-refractivity contribution in [3.63, 3.8) is 0 Å². The predicted molar refractivity (Wildman–Crippen MR) is 66.4 cm³/mol. The van der Waals surface area contributed by atoms with E-state index in [2.05, 4.69) is 0 Å². The number of imide groups is 1. The molecule has 1 heterocycles. The molecule has 0 atom stereocenters. The average Bonchev–Trinajstić information content (AvgIpc) is 2.42. The summed E-state index contributed by atoms with van der Waals surface area (Å²) >= 11 is 0. The quantitative estimate of drug-likeness (QED) is 0.771. The summed E-state index contributed by atoms with van der Waals surface area (Å²) in [7, 11) is 0. The van der Waals surface area contributed by atoms with Gasteiger partial charge in [-0.3, -0.25) is 14.5 Å². The fourth-order valence-electron chi connectivity index (χ4n) is 1.74. The molecule has 7 nitrogen and oxygen atoms in total. The Morgan fingerprint density at radius 3 is 2.65 bits per heavy atom. The van der Waals surface area contributed by atoms with Crippen molar-refractivity contribution in [1.29, 1.82) is 0 Å². The molecule has 0 aromatic heterocycles. The Morgan fingerprint density at radius 2 is 2.00 bits per heavy atom. The summed E-state index contributed by atoms with van der Waals surface area (Å²) in [6, 6.07) is 5.99. The van der Waals surface area contributed by atoms with Crippen LogP contribution in [0.25, 0.3) is 0 Å². The third-order valence-electron chi connectivity index (χ3n) is 2.72. The number of carboxylic acids is 1. The van der Waals surface area contributed by atoms with E-state index in [1.165, 1.54) is 12.1 Å². The highest BCUT2D eigenvalue weighted by molar-refractivity contribution is 5.98. The zero-order valence-corrected chi connectivity index (χ0v) is 10.6. The molecule has 0 radical (unpaired) electrons. The van der Waals surface area contributed by atoms with Crippen molar-refractivity contribution in [1.82, 2.24) is 4.90 Å². The van der Waals surface area contributed by atoms with E-state index in [0.29, 0.717) is 5.75 Å². The number of carbonyl (C=O) groups excluding carboxylic acids is 2. The Labute approximate surface area is 114 Å². The second-order valence-corrected chi connectivity index (χ2v) is 4.11. The van der Waals surface area contributed by atoms with Crippen LogP contribution in [0.2, 0.25) is 0 Å². The molecule has 0 bridgehead atoms. The van der Waals surface area contributed by atoms with Crippen LogP contribution in [-0.2, 0) is 14.3 Å². The molecule has 2 amide bonds. The fraction of sp³-hybridized carbons (Fsp3) is 0.308. The van der Waals surface area contributed by atoms with E-state index >= 15 is 0 Å². The maximum atomic E-state index is 11.4. The summed E-state index contributed by atoms with van der Waals surface area (Å²) in [5.74, 6) is -1.47. The molecule has 0 spiro atoms. The molecule has 1 aromatic carbocycles. The molecular weight excluding hydrogens is 266 g/mol. The van der Waals surface area contributed by atoms with Crippen molar-refractivity contribution in [2.24, 2.45) is 0 Å². The molecule has 1 fully saturated rings. The molecule has 0 aliphatic carbocycles. The van der Waals surface area contributed by atoms with Gasteiger partial charge in [0, 0.05) is 0 Å². The van der Waals surface area contributed by atoms with Gasteiger partial charge in [0.15, 0.2) is 0 Å². The molecule has 20 heavy (non-hydrogen) atoms. The number of nitrogens with zero attached hydrogens (tertiary/aromatic N) is 1. The Hall–Kier alpha value is -2.41. The van der Waals surface area contributed by atoms with Gasteiger partial charge < -0.3 is 14.6 Å². The SMILES string of the molecule is O=C(O)c1cccc(OCCN2C(=O)COCC2=O)c1. The highest BCUT2D eigenvalue weighted by Gasteiger charge is 2.26. The second-order valence-electron chi connectivity index (χ2n) is 4.11. The van der Waals surface area contributed by atoms with Crippen LogP contribution in [0.15, 0.2) is 24.3 Å². The van der Waals surface area contributed by atoms with E-state index in [4.69, 9.17) is 14.6 Å². The van der Waals surface area contributed by atoms with Crippen molar-refractivity contribution in [3.8, 4) is 5.75 Å². The number of carbonyl (C=O) groups is 3. The number of carboxylic acid groups (broad SMARTS) is 1. The van der Waals surface area contributed by atoms with Gasteiger partial charge in [0.25, 0.3) is 11.8 Å². The van der Waals surface area contributed by atoms with Crippen molar-refractivity contribution in [2.75, 3.05) is 26.4 Å². The van der Waals surface area contributed by atoms with Crippen LogP contribution in [0.1, 0.15) is 10.4 Å². The second kappa shape index (κ2) is 6.16. The minimum absolute atomic E-state index is 0.0978. The summed E-state index contributed by atoms with van der Waals surface area (Å²) in [5, 5.41) is 8.84. The highest BCUT2D eigenvalue weighted by Crippen LogP contribution is 2.13. The van der Waals surface area contributed by atoms with Gasteiger partial charge >= 0.3 is 5.97 Å². The molecule has 1 saturated heterocycles. The Bertz CT molecular complexity index is 525. The Balaban J connectivity index is 1.89. The summed E-state index contributed by atoms with van der Waals surface area (Å²) in [4.78, 5) is 34.7. The maximum absolute atomic E-state index is 11.4. The first kappa shape index (κ1) is 14.0. The number of hydrogen-bond acceptors (Lipinski definition) is 5. The number of aromatic carboxylic acids is 1. The predicted octanol–water partition coefficient (Wildman–Crippen LogP) is 0.149. The fourth-order valence-corrected chi connectivity index (χ4v) is 1.74. The largest absolute Gasteiger partial charge is 0.492 e. The lowest BCUT2D eigenvalue weighted by atomic mass is 10.2. The van der Waals surface area contributed by atoms with E-state index < -0.39 is 17.8 Å². The topological polar surface area (TPSA) is 93.1 Å². The Morgan fingerprint density at radius 1 is 1.30 bits per heavy atom. The summed E-state index contributed by atoms with van der Waals surface area (Å²) in [6.07, 6.45) is 0. The van der Waals surface area contributed by atoms with Crippen LogP contribution >= 0.6 is 0 Å². The normalized spacial score (nSPS) is 15.3. The van der Waals surface area contributed by atoms with Gasteiger partial charge in [0.1, 0.15) is 25.6 Å². The summed E-state index contributed by atoms with van der Waals surface area (Å²) in [6.45, 7) is -0.0145. The van der Waals surface area contributed by atoms with Crippen LogP contribution in [0, 0.1) is 0 Å². The van der Waals surface area contributed by atoms with E-state index in [1.807, 2.05) is 0 Å². The molecule has 1 aliphatic heterocycles. The molecule has 7 heteroatoms. The number of amides is 2. The van der Waals surface area contributed by atoms with Crippen LogP contribution in [0.5, 0.6) is 5.75 Å². The first-order chi connectivity index (χ1) is 9.58. The first-order valence-electron chi connectivity index (χ1n) is 5.95.